The van der Waals surface area contributed by atoms with Gasteiger partial charge < -0.3 is 14.5 Å². The van der Waals surface area contributed by atoms with Gasteiger partial charge in [0.2, 0.25) is 13.3 Å². The molecule has 0 saturated heterocycles. The highest BCUT2D eigenvalue weighted by Crippen LogP contribution is 2.42. The number of ether oxygens (including phenoxy) is 2. The third-order valence-corrected chi connectivity index (χ3v) is 5.57. The maximum absolute atomic E-state index is 11.7. The van der Waals surface area contributed by atoms with Crippen LogP contribution in [0.2, 0.25) is 0 Å². The minimum absolute atomic E-state index is 0.167. The molecule has 6 nitrogen and oxygen atoms in total. The van der Waals surface area contributed by atoms with Crippen LogP contribution in [0.25, 0.3) is 22.2 Å². The van der Waals surface area contributed by atoms with Crippen LogP contribution in [0.5, 0.6) is 11.5 Å². The van der Waals surface area contributed by atoms with Crippen molar-refractivity contribution in [3.05, 3.63) is 93.5 Å². The van der Waals surface area contributed by atoms with Gasteiger partial charge in [-0.15, -0.1) is 0 Å². The van der Waals surface area contributed by atoms with E-state index < -0.39 is 5.92 Å². The molecule has 0 spiro atoms. The van der Waals surface area contributed by atoms with Crippen LogP contribution in [0.4, 0.5) is 0 Å². The molecule has 1 aliphatic heterocycles. The van der Waals surface area contributed by atoms with Gasteiger partial charge in [-0.3, -0.25) is 10.1 Å². The van der Waals surface area contributed by atoms with Gasteiger partial charge in [0.15, 0.2) is 11.5 Å². The quantitative estimate of drug-likeness (QED) is 0.365. The first kappa shape index (κ1) is 18.2. The summed E-state index contributed by atoms with van der Waals surface area (Å²) in [5.41, 5.74) is 5.77. The van der Waals surface area contributed by atoms with E-state index in [4.69, 9.17) is 9.47 Å². The van der Waals surface area contributed by atoms with E-state index in [1.54, 1.807) is 0 Å². The Kier molecular flexibility index (Phi) is 4.39. The van der Waals surface area contributed by atoms with Gasteiger partial charge in [0.25, 0.3) is 0 Å². The van der Waals surface area contributed by atoms with Crippen molar-refractivity contribution in [1.82, 2.24) is 4.98 Å². The van der Waals surface area contributed by atoms with Crippen LogP contribution in [0, 0.1) is 17.0 Å². The number of aryl methyl sites for hydroxylation is 1. The standard InChI is InChI=1S/C24H20N2O4/c1-15-6-8-16(9-7-15)24-23(18-4-2-3-5-20(18)25-24)19(13-26(27)28)17-10-11-21-22(12-17)30-14-29-21/h2-12,19,25H,13-14H2,1H3. The number of rotatable bonds is 5. The molecule has 1 unspecified atom stereocenters. The lowest BCUT2D eigenvalue weighted by Gasteiger charge is -2.16. The second-order valence-corrected chi connectivity index (χ2v) is 7.51. The Labute approximate surface area is 173 Å². The predicted molar refractivity (Wildman–Crippen MR) is 115 cm³/mol. The van der Waals surface area contributed by atoms with Crippen molar-refractivity contribution in [2.24, 2.45) is 0 Å². The number of benzene rings is 3. The molecular formula is C24H20N2O4. The zero-order chi connectivity index (χ0) is 20.7. The van der Waals surface area contributed by atoms with Crippen LogP contribution in [-0.2, 0) is 0 Å². The van der Waals surface area contributed by atoms with Gasteiger partial charge in [-0.05, 0) is 41.8 Å². The van der Waals surface area contributed by atoms with Crippen molar-refractivity contribution in [2.45, 2.75) is 12.8 Å². The summed E-state index contributed by atoms with van der Waals surface area (Å²) in [5, 5.41) is 12.7. The average Bonchev–Trinajstić information content (AvgIpc) is 3.36. The van der Waals surface area contributed by atoms with Crippen molar-refractivity contribution in [1.29, 1.82) is 0 Å². The first-order chi connectivity index (χ1) is 14.6. The van der Waals surface area contributed by atoms with Gasteiger partial charge in [0.1, 0.15) is 0 Å². The predicted octanol–water partition coefficient (Wildman–Crippen LogP) is 5.28. The Morgan fingerprint density at radius 2 is 1.80 bits per heavy atom. The molecule has 1 atom stereocenters. The number of aromatic nitrogens is 1. The minimum atomic E-state index is -0.443. The fraction of sp³-hybridized carbons (Fsp3) is 0.167. The van der Waals surface area contributed by atoms with E-state index in [-0.39, 0.29) is 18.3 Å². The smallest absolute Gasteiger partial charge is 0.231 e. The van der Waals surface area contributed by atoms with E-state index in [1.807, 2.05) is 73.7 Å². The highest BCUT2D eigenvalue weighted by atomic mass is 16.7. The molecule has 3 aromatic carbocycles. The number of aromatic amines is 1. The zero-order valence-corrected chi connectivity index (χ0v) is 16.4. The van der Waals surface area contributed by atoms with Gasteiger partial charge in [0.05, 0.1) is 11.6 Å². The number of nitrogens with one attached hydrogen (secondary N) is 1. The molecule has 0 bridgehead atoms. The molecule has 150 valence electrons. The van der Waals surface area contributed by atoms with E-state index in [1.165, 1.54) is 0 Å². The number of hydrogen-bond donors (Lipinski definition) is 1. The summed E-state index contributed by atoms with van der Waals surface area (Å²) in [5.74, 6) is 0.843. The highest BCUT2D eigenvalue weighted by Gasteiger charge is 2.29. The van der Waals surface area contributed by atoms with Crippen LogP contribution < -0.4 is 9.47 Å². The summed E-state index contributed by atoms with van der Waals surface area (Å²) >= 11 is 0. The maximum atomic E-state index is 11.7. The molecule has 2 heterocycles. The Hall–Kier alpha value is -3.80. The fourth-order valence-electron chi connectivity index (χ4n) is 4.12. The number of H-pyrrole nitrogens is 1. The lowest BCUT2D eigenvalue weighted by atomic mass is 9.87. The third kappa shape index (κ3) is 3.16. The van der Waals surface area contributed by atoms with Crippen molar-refractivity contribution in [3.8, 4) is 22.8 Å². The molecule has 0 amide bonds. The first-order valence-electron chi connectivity index (χ1n) is 9.79. The molecule has 0 radical (unpaired) electrons. The zero-order valence-electron chi connectivity index (χ0n) is 16.4. The molecule has 1 N–H and O–H groups in total. The first-order valence-corrected chi connectivity index (χ1v) is 9.79. The number of nitrogens with zero attached hydrogens (tertiary/aromatic N) is 1. The number of fused-ring (bicyclic) bond motifs is 2. The molecule has 6 heteroatoms. The summed E-state index contributed by atoms with van der Waals surface area (Å²) in [4.78, 5) is 14.9. The van der Waals surface area contributed by atoms with Crippen molar-refractivity contribution in [2.75, 3.05) is 13.3 Å². The molecule has 30 heavy (non-hydrogen) atoms. The van der Waals surface area contributed by atoms with E-state index in [2.05, 4.69) is 4.98 Å². The second-order valence-electron chi connectivity index (χ2n) is 7.51. The Bertz CT molecular complexity index is 1240. The van der Waals surface area contributed by atoms with Crippen LogP contribution in [0.3, 0.4) is 0 Å². The van der Waals surface area contributed by atoms with Crippen molar-refractivity contribution >= 4 is 10.9 Å². The van der Waals surface area contributed by atoms with E-state index in [0.717, 1.165) is 38.9 Å². The summed E-state index contributed by atoms with van der Waals surface area (Å²) in [6.07, 6.45) is 0. The molecule has 0 fully saturated rings. The Morgan fingerprint density at radius 1 is 1.03 bits per heavy atom. The molecule has 0 aliphatic carbocycles. The molecular weight excluding hydrogens is 380 g/mol. The lowest BCUT2D eigenvalue weighted by molar-refractivity contribution is -0.481. The van der Waals surface area contributed by atoms with Gasteiger partial charge in [-0.2, -0.15) is 0 Å². The highest BCUT2D eigenvalue weighted by molar-refractivity contribution is 5.92. The van der Waals surface area contributed by atoms with Gasteiger partial charge in [0, 0.05) is 15.8 Å². The number of nitro groups is 1. The Morgan fingerprint density at radius 3 is 2.60 bits per heavy atom. The van der Waals surface area contributed by atoms with Crippen LogP contribution in [-0.4, -0.2) is 23.2 Å². The van der Waals surface area contributed by atoms with E-state index >= 15 is 0 Å². The molecule has 1 aromatic heterocycles. The maximum Gasteiger partial charge on any atom is 0.231 e. The molecule has 4 aromatic rings. The SMILES string of the molecule is Cc1ccc(-c2[nH]c3ccccc3c2C(C[N+](=O)[O-])c2ccc3c(c2)OCO3)cc1. The summed E-state index contributed by atoms with van der Waals surface area (Å²) < 4.78 is 10.9. The van der Waals surface area contributed by atoms with E-state index in [0.29, 0.717) is 11.5 Å². The number of hydrogen-bond acceptors (Lipinski definition) is 4. The molecule has 5 rings (SSSR count). The largest absolute Gasteiger partial charge is 0.454 e. The average molecular weight is 400 g/mol. The molecule has 0 saturated carbocycles. The molecule has 1 aliphatic rings. The van der Waals surface area contributed by atoms with Crippen molar-refractivity contribution in [3.63, 3.8) is 0 Å². The van der Waals surface area contributed by atoms with Crippen LogP contribution in [0.15, 0.2) is 66.7 Å². The summed E-state index contributed by atoms with van der Waals surface area (Å²) in [6, 6.07) is 21.7. The minimum Gasteiger partial charge on any atom is -0.454 e. The van der Waals surface area contributed by atoms with Gasteiger partial charge in [-0.1, -0.05) is 54.1 Å². The van der Waals surface area contributed by atoms with Gasteiger partial charge >= 0.3 is 0 Å². The summed E-state index contributed by atoms with van der Waals surface area (Å²) in [6.45, 7) is 1.98. The van der Waals surface area contributed by atoms with Crippen molar-refractivity contribution < 1.29 is 14.4 Å². The van der Waals surface area contributed by atoms with Gasteiger partial charge in [-0.25, -0.2) is 0 Å². The second kappa shape index (κ2) is 7.22. The topological polar surface area (TPSA) is 77.4 Å². The van der Waals surface area contributed by atoms with Crippen LogP contribution in [0.1, 0.15) is 22.6 Å². The summed E-state index contributed by atoms with van der Waals surface area (Å²) in [7, 11) is 0. The lowest BCUT2D eigenvalue weighted by Crippen LogP contribution is -2.14. The monoisotopic (exact) mass is 400 g/mol. The normalized spacial score (nSPS) is 13.5. The number of para-hydroxylation sites is 1. The van der Waals surface area contributed by atoms with Crippen LogP contribution >= 0.6 is 0 Å². The third-order valence-electron chi connectivity index (χ3n) is 5.57. The Balaban J connectivity index is 1.74. The van der Waals surface area contributed by atoms with E-state index in [9.17, 15) is 10.1 Å². The fourth-order valence-corrected chi connectivity index (χ4v) is 4.12.